The summed E-state index contributed by atoms with van der Waals surface area (Å²) in [7, 11) is 0. The number of halogens is 4. The van der Waals surface area contributed by atoms with Crippen molar-refractivity contribution in [2.75, 3.05) is 6.61 Å². The number of aliphatic imine (C=N–C) groups is 1. The Kier molecular flexibility index (Phi) is 6.14. The predicted molar refractivity (Wildman–Crippen MR) is 78.3 cm³/mol. The zero-order valence-electron chi connectivity index (χ0n) is 10.9. The smallest absolute Gasteiger partial charge is 0.430 e. The Labute approximate surface area is 132 Å². The fourth-order valence-corrected chi connectivity index (χ4v) is 2.00. The molecule has 0 heterocycles. The molecule has 0 atom stereocenters. The van der Waals surface area contributed by atoms with Crippen LogP contribution < -0.4 is 0 Å². The van der Waals surface area contributed by atoms with E-state index in [1.807, 2.05) is 6.07 Å². The molecule has 0 aliphatic heterocycles. The van der Waals surface area contributed by atoms with Gasteiger partial charge >= 0.3 is 12.1 Å². The van der Waals surface area contributed by atoms with Crippen molar-refractivity contribution >= 4 is 40.0 Å². The van der Waals surface area contributed by atoms with E-state index < -0.39 is 24.3 Å². The van der Waals surface area contributed by atoms with Crippen LogP contribution in [0.2, 0.25) is 0 Å². The minimum Gasteiger partial charge on any atom is -0.466 e. The highest BCUT2D eigenvalue weighted by molar-refractivity contribution is 14.1. The summed E-state index contributed by atoms with van der Waals surface area (Å²) in [5.74, 6) is -0.989. The molecule has 21 heavy (non-hydrogen) atoms. The maximum atomic E-state index is 12.9. The van der Waals surface area contributed by atoms with Crippen molar-refractivity contribution in [3.05, 3.63) is 27.3 Å². The quantitative estimate of drug-likeness (QED) is 0.432. The Morgan fingerprint density at radius 2 is 2.14 bits per heavy atom. The molecule has 8 heteroatoms. The molecule has 0 aliphatic carbocycles. The number of alkyl halides is 3. The Hall–Kier alpha value is -1.63. The molecule has 1 rings (SSSR count). The lowest BCUT2D eigenvalue weighted by molar-refractivity contribution is -0.142. The molecule has 0 saturated carbocycles. The summed E-state index contributed by atoms with van der Waals surface area (Å²) in [6, 6.07) is 5.96. The van der Waals surface area contributed by atoms with Gasteiger partial charge in [0, 0.05) is 3.57 Å². The molecule has 0 radical (unpaired) electrons. The fourth-order valence-electron chi connectivity index (χ4n) is 1.36. The van der Waals surface area contributed by atoms with Gasteiger partial charge in [0.1, 0.15) is 5.71 Å². The first kappa shape index (κ1) is 17.4. The molecule has 0 aromatic heterocycles. The van der Waals surface area contributed by atoms with E-state index in [1.165, 1.54) is 25.1 Å². The second-order valence-corrected chi connectivity index (χ2v) is 4.98. The molecule has 1 aromatic carbocycles. The fraction of sp³-hybridized carbons (Fsp3) is 0.308. The number of rotatable bonds is 4. The monoisotopic (exact) mass is 410 g/mol. The Morgan fingerprint density at radius 3 is 2.62 bits per heavy atom. The first-order valence-electron chi connectivity index (χ1n) is 5.78. The number of benzene rings is 1. The molecule has 0 unspecified atom stereocenters. The molecule has 0 N–H and O–H groups in total. The van der Waals surface area contributed by atoms with Crippen LogP contribution in [-0.2, 0) is 9.53 Å². The van der Waals surface area contributed by atoms with Crippen LogP contribution in [-0.4, -0.2) is 24.5 Å². The van der Waals surface area contributed by atoms with Crippen LogP contribution in [0.15, 0.2) is 23.2 Å². The summed E-state index contributed by atoms with van der Waals surface area (Å²) in [5, 5.41) is 8.71. The third-order valence-electron chi connectivity index (χ3n) is 2.28. The van der Waals surface area contributed by atoms with E-state index in [9.17, 15) is 18.0 Å². The number of esters is 1. The van der Waals surface area contributed by atoms with Crippen molar-refractivity contribution in [3.8, 4) is 6.07 Å². The van der Waals surface area contributed by atoms with Gasteiger partial charge in [0.2, 0.25) is 0 Å². The van der Waals surface area contributed by atoms with Crippen LogP contribution >= 0.6 is 22.6 Å². The normalized spacial score (nSPS) is 11.9. The van der Waals surface area contributed by atoms with E-state index >= 15 is 0 Å². The molecule has 0 spiro atoms. The van der Waals surface area contributed by atoms with Gasteiger partial charge in [-0.1, -0.05) is 0 Å². The van der Waals surface area contributed by atoms with Crippen LogP contribution in [0, 0.1) is 14.9 Å². The minimum absolute atomic E-state index is 0.00162. The summed E-state index contributed by atoms with van der Waals surface area (Å²) >= 11 is 1.78. The molecule has 1 aromatic rings. The predicted octanol–water partition coefficient (Wildman–Crippen LogP) is 3.75. The van der Waals surface area contributed by atoms with Gasteiger partial charge < -0.3 is 4.74 Å². The van der Waals surface area contributed by atoms with Gasteiger partial charge in [-0.25, -0.2) is 4.99 Å². The lowest BCUT2D eigenvalue weighted by atomic mass is 10.2. The number of hydrogen-bond acceptors (Lipinski definition) is 4. The Balaban J connectivity index is 3.15. The van der Waals surface area contributed by atoms with Crippen LogP contribution in [0.25, 0.3) is 0 Å². The molecule has 0 amide bonds. The maximum Gasteiger partial charge on any atom is 0.430 e. The van der Waals surface area contributed by atoms with Crippen LogP contribution in [0.4, 0.5) is 18.9 Å². The number of carbonyl (C=O) groups is 1. The van der Waals surface area contributed by atoms with E-state index in [0.29, 0.717) is 9.13 Å². The van der Waals surface area contributed by atoms with Gasteiger partial charge in [-0.05, 0) is 47.7 Å². The van der Waals surface area contributed by atoms with E-state index in [-0.39, 0.29) is 12.3 Å². The Bertz CT molecular complexity index is 606. The van der Waals surface area contributed by atoms with Crippen LogP contribution in [0.1, 0.15) is 18.9 Å². The number of carbonyl (C=O) groups excluding carboxylic acids is 1. The van der Waals surface area contributed by atoms with Gasteiger partial charge in [-0.15, -0.1) is 0 Å². The van der Waals surface area contributed by atoms with Gasteiger partial charge in [-0.3, -0.25) is 4.79 Å². The van der Waals surface area contributed by atoms with Gasteiger partial charge in [0.05, 0.1) is 30.3 Å². The SMILES string of the molecule is CCOC(=O)CC(=Nc1ccc(C#N)cc1I)C(F)(F)F. The highest BCUT2D eigenvalue weighted by atomic mass is 127. The molecular weight excluding hydrogens is 400 g/mol. The molecule has 0 bridgehead atoms. The van der Waals surface area contributed by atoms with Gasteiger partial charge in [-0.2, -0.15) is 18.4 Å². The van der Waals surface area contributed by atoms with Crippen molar-refractivity contribution in [2.24, 2.45) is 4.99 Å². The molecule has 0 fully saturated rings. The second-order valence-electron chi connectivity index (χ2n) is 3.82. The average molecular weight is 410 g/mol. The van der Waals surface area contributed by atoms with Crippen LogP contribution in [0.5, 0.6) is 0 Å². The summed E-state index contributed by atoms with van der Waals surface area (Å²) in [6.45, 7) is 1.50. The largest absolute Gasteiger partial charge is 0.466 e. The van der Waals surface area contributed by atoms with Crippen molar-refractivity contribution in [1.29, 1.82) is 5.26 Å². The van der Waals surface area contributed by atoms with Crippen molar-refractivity contribution in [3.63, 3.8) is 0 Å². The molecule has 0 aliphatic rings. The molecule has 4 nitrogen and oxygen atoms in total. The van der Waals surface area contributed by atoms with E-state index in [0.717, 1.165) is 0 Å². The first-order chi connectivity index (χ1) is 9.77. The number of nitrogens with zero attached hydrogens (tertiary/aromatic N) is 2. The summed E-state index contributed by atoms with van der Waals surface area (Å²) in [5.41, 5.74) is -0.868. The van der Waals surface area contributed by atoms with Crippen molar-refractivity contribution in [1.82, 2.24) is 0 Å². The second kappa shape index (κ2) is 7.40. The van der Waals surface area contributed by atoms with Crippen molar-refractivity contribution in [2.45, 2.75) is 19.5 Å². The summed E-state index contributed by atoms with van der Waals surface area (Å²) in [6.07, 6.45) is -5.68. The number of nitriles is 1. The van der Waals surface area contributed by atoms with Gasteiger partial charge in [0.15, 0.2) is 0 Å². The molecular formula is C13H10F3IN2O2. The molecule has 0 saturated heterocycles. The zero-order chi connectivity index (χ0) is 16.0. The van der Waals surface area contributed by atoms with Gasteiger partial charge in [0.25, 0.3) is 0 Å². The minimum atomic E-state index is -4.73. The topological polar surface area (TPSA) is 62.4 Å². The first-order valence-corrected chi connectivity index (χ1v) is 6.85. The number of hydrogen-bond donors (Lipinski definition) is 0. The average Bonchev–Trinajstić information content (AvgIpc) is 2.39. The lowest BCUT2D eigenvalue weighted by Crippen LogP contribution is -2.26. The van der Waals surface area contributed by atoms with E-state index in [2.05, 4.69) is 9.73 Å². The van der Waals surface area contributed by atoms with Crippen LogP contribution in [0.3, 0.4) is 0 Å². The highest BCUT2D eigenvalue weighted by Crippen LogP contribution is 2.27. The van der Waals surface area contributed by atoms with E-state index in [1.54, 1.807) is 22.6 Å². The zero-order valence-corrected chi connectivity index (χ0v) is 13.0. The van der Waals surface area contributed by atoms with E-state index in [4.69, 9.17) is 5.26 Å². The summed E-state index contributed by atoms with van der Waals surface area (Å²) in [4.78, 5) is 14.7. The Morgan fingerprint density at radius 1 is 1.48 bits per heavy atom. The number of ether oxygens (including phenoxy) is 1. The highest BCUT2D eigenvalue weighted by Gasteiger charge is 2.37. The molecule has 112 valence electrons. The summed E-state index contributed by atoms with van der Waals surface area (Å²) < 4.78 is 43.6. The lowest BCUT2D eigenvalue weighted by Gasteiger charge is -2.10. The van der Waals surface area contributed by atoms with Crippen molar-refractivity contribution < 1.29 is 22.7 Å². The third-order valence-corrected chi connectivity index (χ3v) is 3.14. The maximum absolute atomic E-state index is 12.9. The standard InChI is InChI=1S/C13H10F3IN2O2/c1-2-21-12(20)6-11(13(14,15)16)19-10-4-3-8(7-18)5-9(10)17/h3-5H,2,6H2,1H3. The third kappa shape index (κ3) is 5.34.